The Morgan fingerprint density at radius 1 is 0.659 bits per heavy atom. The Labute approximate surface area is 252 Å². The highest BCUT2D eigenvalue weighted by molar-refractivity contribution is 7.85. The van der Waals surface area contributed by atoms with Gasteiger partial charge in [-0.2, -0.15) is 8.42 Å². The molecule has 1 amide bonds. The molecule has 3 N–H and O–H groups in total. The van der Waals surface area contributed by atoms with E-state index in [1.165, 1.54) is 57.4 Å². The van der Waals surface area contributed by atoms with E-state index in [9.17, 15) is 22.9 Å². The van der Waals surface area contributed by atoms with Crippen molar-refractivity contribution < 1.29 is 22.9 Å². The van der Waals surface area contributed by atoms with Gasteiger partial charge in [0, 0.05) is 6.42 Å². The standard InChI is InChI=1S/C34H61NO5S/c1-3-5-7-9-11-13-15-17-19-21-23-25-27-29-33(36)32(31-41(38,39)40)35-34(37)30-28-26-24-22-20-18-16-14-12-10-8-6-4-2/h8,10,14,16,19,21,27,29,32-33,36H,3-7,9,11-13,15,17-18,20,22-26,28,30-31H2,1-2H3,(H,35,37)(H,38,39,40)/b10-8-,16-14-,21-19+,29-27+. The molecule has 0 saturated heterocycles. The van der Waals surface area contributed by atoms with Crippen molar-refractivity contribution in [1.29, 1.82) is 0 Å². The van der Waals surface area contributed by atoms with Crippen molar-refractivity contribution in [3.63, 3.8) is 0 Å². The molecule has 7 heteroatoms. The molecule has 0 aliphatic rings. The maximum Gasteiger partial charge on any atom is 0.267 e. The molecular weight excluding hydrogens is 534 g/mol. The number of aliphatic hydroxyl groups excluding tert-OH is 1. The third kappa shape index (κ3) is 29.6. The highest BCUT2D eigenvalue weighted by Gasteiger charge is 2.24. The maximum atomic E-state index is 12.4. The number of unbranched alkanes of at least 4 members (excludes halogenated alkanes) is 14. The van der Waals surface area contributed by atoms with E-state index in [0.29, 0.717) is 12.8 Å². The molecule has 0 radical (unpaired) electrons. The van der Waals surface area contributed by atoms with Gasteiger partial charge in [0.15, 0.2) is 0 Å². The number of carbonyl (C=O) groups excluding carboxylic acids is 1. The van der Waals surface area contributed by atoms with Crippen molar-refractivity contribution in [1.82, 2.24) is 5.32 Å². The topological polar surface area (TPSA) is 104 Å². The second-order valence-corrected chi connectivity index (χ2v) is 12.6. The minimum atomic E-state index is -4.35. The molecule has 0 fully saturated rings. The number of aliphatic hydroxyl groups is 1. The van der Waals surface area contributed by atoms with Gasteiger partial charge in [0.1, 0.15) is 0 Å². The summed E-state index contributed by atoms with van der Waals surface area (Å²) in [6.45, 7) is 4.41. The normalized spacial score (nSPS) is 14.1. The summed E-state index contributed by atoms with van der Waals surface area (Å²) >= 11 is 0. The van der Waals surface area contributed by atoms with Crippen molar-refractivity contribution in [2.24, 2.45) is 0 Å². The van der Waals surface area contributed by atoms with Crippen molar-refractivity contribution in [2.45, 2.75) is 154 Å². The molecule has 0 spiro atoms. The van der Waals surface area contributed by atoms with E-state index >= 15 is 0 Å². The summed E-state index contributed by atoms with van der Waals surface area (Å²) < 4.78 is 32.2. The second kappa shape index (κ2) is 28.4. The van der Waals surface area contributed by atoms with Crippen LogP contribution in [0.3, 0.4) is 0 Å². The van der Waals surface area contributed by atoms with E-state index in [-0.39, 0.29) is 12.3 Å². The first-order valence-corrected chi connectivity index (χ1v) is 17.9. The molecule has 2 unspecified atom stereocenters. The number of amides is 1. The van der Waals surface area contributed by atoms with Gasteiger partial charge in [-0.3, -0.25) is 9.35 Å². The smallest absolute Gasteiger partial charge is 0.267 e. The highest BCUT2D eigenvalue weighted by atomic mass is 32.2. The van der Waals surface area contributed by atoms with E-state index in [0.717, 1.165) is 57.8 Å². The lowest BCUT2D eigenvalue weighted by Gasteiger charge is -2.21. The fourth-order valence-corrected chi connectivity index (χ4v) is 5.23. The largest absolute Gasteiger partial charge is 0.387 e. The monoisotopic (exact) mass is 595 g/mol. The van der Waals surface area contributed by atoms with Crippen molar-refractivity contribution >= 4 is 16.0 Å². The first kappa shape index (κ1) is 39.3. The molecule has 6 nitrogen and oxygen atoms in total. The van der Waals surface area contributed by atoms with Gasteiger partial charge < -0.3 is 10.4 Å². The Hall–Kier alpha value is -1.70. The van der Waals surface area contributed by atoms with E-state index in [1.807, 2.05) is 0 Å². The third-order valence-electron chi connectivity index (χ3n) is 6.96. The van der Waals surface area contributed by atoms with E-state index < -0.39 is 28.0 Å². The van der Waals surface area contributed by atoms with Crippen LogP contribution in [0.1, 0.15) is 142 Å². The Kier molecular flexibility index (Phi) is 27.2. The highest BCUT2D eigenvalue weighted by Crippen LogP contribution is 2.11. The van der Waals surface area contributed by atoms with Crippen LogP contribution in [0.15, 0.2) is 48.6 Å². The lowest BCUT2D eigenvalue weighted by atomic mass is 10.1. The van der Waals surface area contributed by atoms with Crippen LogP contribution in [0.4, 0.5) is 0 Å². The number of allylic oxidation sites excluding steroid dienone is 7. The fraction of sp³-hybridized carbons (Fsp3) is 0.735. The summed E-state index contributed by atoms with van der Waals surface area (Å²) in [4.78, 5) is 12.4. The average molecular weight is 596 g/mol. The number of nitrogens with one attached hydrogen (secondary N) is 1. The van der Waals surface area contributed by atoms with Crippen LogP contribution >= 0.6 is 0 Å². The zero-order valence-electron chi connectivity index (χ0n) is 26.2. The predicted octanol–water partition coefficient (Wildman–Crippen LogP) is 8.79. The van der Waals surface area contributed by atoms with Crippen LogP contribution in [0.2, 0.25) is 0 Å². The number of rotatable bonds is 28. The van der Waals surface area contributed by atoms with E-state index in [1.54, 1.807) is 6.08 Å². The molecule has 2 atom stereocenters. The fourth-order valence-electron chi connectivity index (χ4n) is 4.50. The van der Waals surface area contributed by atoms with Crippen molar-refractivity contribution in [3.05, 3.63) is 48.6 Å². The summed E-state index contributed by atoms with van der Waals surface area (Å²) in [5, 5.41) is 13.1. The van der Waals surface area contributed by atoms with Crippen LogP contribution in [-0.2, 0) is 14.9 Å². The van der Waals surface area contributed by atoms with Crippen LogP contribution in [0, 0.1) is 0 Å². The zero-order valence-corrected chi connectivity index (χ0v) is 27.0. The Morgan fingerprint density at radius 3 is 1.78 bits per heavy atom. The number of hydrogen-bond acceptors (Lipinski definition) is 4. The van der Waals surface area contributed by atoms with Crippen LogP contribution in [0.5, 0.6) is 0 Å². The van der Waals surface area contributed by atoms with Gasteiger partial charge >= 0.3 is 0 Å². The van der Waals surface area contributed by atoms with Gasteiger partial charge in [-0.15, -0.1) is 0 Å². The third-order valence-corrected chi connectivity index (χ3v) is 7.74. The lowest BCUT2D eigenvalue weighted by Crippen LogP contribution is -2.46. The molecular formula is C34H61NO5S. The summed E-state index contributed by atoms with van der Waals surface area (Å²) in [6.07, 6.45) is 36.6. The molecule has 238 valence electrons. The first-order valence-electron chi connectivity index (χ1n) is 16.3. The minimum absolute atomic E-state index is 0.270. The Bertz CT molecular complexity index is 832. The van der Waals surface area contributed by atoms with Gasteiger partial charge in [0.25, 0.3) is 10.1 Å². The van der Waals surface area contributed by atoms with Gasteiger partial charge in [-0.05, 0) is 57.8 Å². The molecule has 0 aromatic rings. The van der Waals surface area contributed by atoms with Crippen LogP contribution < -0.4 is 5.32 Å². The molecule has 0 aliphatic heterocycles. The number of hydrogen-bond donors (Lipinski definition) is 3. The molecule has 0 aliphatic carbocycles. The van der Waals surface area contributed by atoms with Gasteiger partial charge in [0.05, 0.1) is 17.9 Å². The molecule has 0 heterocycles. The number of carbonyl (C=O) groups is 1. The summed E-state index contributed by atoms with van der Waals surface area (Å²) in [5.74, 6) is -1.02. The summed E-state index contributed by atoms with van der Waals surface area (Å²) in [6, 6.07) is -1.08. The van der Waals surface area contributed by atoms with Crippen molar-refractivity contribution in [3.8, 4) is 0 Å². The van der Waals surface area contributed by atoms with Crippen molar-refractivity contribution in [2.75, 3.05) is 5.75 Å². The average Bonchev–Trinajstić information content (AvgIpc) is 2.92. The summed E-state index contributed by atoms with van der Waals surface area (Å²) in [5.41, 5.74) is 0. The van der Waals surface area contributed by atoms with Gasteiger partial charge in [-0.25, -0.2) is 0 Å². The van der Waals surface area contributed by atoms with E-state index in [2.05, 4.69) is 55.6 Å². The lowest BCUT2D eigenvalue weighted by molar-refractivity contribution is -0.122. The Morgan fingerprint density at radius 2 is 1.17 bits per heavy atom. The van der Waals surface area contributed by atoms with Gasteiger partial charge in [0.2, 0.25) is 5.91 Å². The first-order chi connectivity index (χ1) is 19.8. The van der Waals surface area contributed by atoms with Crippen LogP contribution in [0.25, 0.3) is 0 Å². The molecule has 41 heavy (non-hydrogen) atoms. The molecule has 0 bridgehead atoms. The maximum absolute atomic E-state index is 12.4. The molecule has 0 aromatic carbocycles. The predicted molar refractivity (Wildman–Crippen MR) is 175 cm³/mol. The molecule has 0 rings (SSSR count). The SMILES string of the molecule is CCC/C=C\C/C=C\CCCCCCCC(=O)NC(CS(=O)(=O)O)C(O)/C=C/CC/C=C/CCCCCCCCC. The zero-order chi connectivity index (χ0) is 30.4. The molecule has 0 aromatic heterocycles. The minimum Gasteiger partial charge on any atom is -0.387 e. The quantitative estimate of drug-likeness (QED) is 0.0476. The van der Waals surface area contributed by atoms with Crippen LogP contribution in [-0.4, -0.2) is 41.9 Å². The van der Waals surface area contributed by atoms with Gasteiger partial charge in [-0.1, -0.05) is 127 Å². The second-order valence-electron chi connectivity index (χ2n) is 11.1. The molecule has 0 saturated carbocycles. The van der Waals surface area contributed by atoms with E-state index in [4.69, 9.17) is 0 Å². The summed E-state index contributed by atoms with van der Waals surface area (Å²) in [7, 11) is -4.35. The Balaban J connectivity index is 4.16.